The quantitative estimate of drug-likeness (QED) is 0.729. The van der Waals surface area contributed by atoms with E-state index < -0.39 is 0 Å². The van der Waals surface area contributed by atoms with Gasteiger partial charge in [0.1, 0.15) is 6.61 Å². The summed E-state index contributed by atoms with van der Waals surface area (Å²) in [7, 11) is 0. The second-order valence-electron chi connectivity index (χ2n) is 4.92. The summed E-state index contributed by atoms with van der Waals surface area (Å²) in [5.74, 6) is 3.75. The zero-order valence-electron chi connectivity index (χ0n) is 11.7. The number of thioether (sulfide) groups is 2. The van der Waals surface area contributed by atoms with Gasteiger partial charge in [-0.3, -0.25) is 0 Å². The maximum absolute atomic E-state index is 5.89. The minimum atomic E-state index is 0.316. The number of rotatable bonds is 5. The highest BCUT2D eigenvalue weighted by Crippen LogP contribution is 2.37. The molecule has 0 amide bonds. The maximum Gasteiger partial charge on any atom is 0.103 e. The van der Waals surface area contributed by atoms with E-state index in [0.717, 1.165) is 6.61 Å². The van der Waals surface area contributed by atoms with Crippen molar-refractivity contribution >= 4 is 29.1 Å². The van der Waals surface area contributed by atoms with Crippen LogP contribution in [0.4, 0.5) is 0 Å². The highest BCUT2D eigenvalue weighted by Gasteiger charge is 2.32. The Hall–Kier alpha value is -0.540. The van der Waals surface area contributed by atoms with Crippen molar-refractivity contribution in [3.63, 3.8) is 0 Å². The molecule has 0 bridgehead atoms. The van der Waals surface area contributed by atoms with Gasteiger partial charge in [-0.15, -0.1) is 11.8 Å². The Morgan fingerprint density at radius 1 is 1.32 bits per heavy atom. The van der Waals surface area contributed by atoms with Crippen LogP contribution < -0.4 is 0 Å². The van der Waals surface area contributed by atoms with Gasteiger partial charge in [-0.25, -0.2) is 0 Å². The Morgan fingerprint density at radius 2 is 2.11 bits per heavy atom. The van der Waals surface area contributed by atoms with Crippen molar-refractivity contribution in [1.82, 2.24) is 0 Å². The lowest BCUT2D eigenvalue weighted by molar-refractivity contribution is 0.219. The van der Waals surface area contributed by atoms with Gasteiger partial charge in [0.2, 0.25) is 0 Å². The first-order chi connectivity index (χ1) is 9.26. The molecule has 0 aliphatic carbocycles. The van der Waals surface area contributed by atoms with E-state index in [-0.39, 0.29) is 0 Å². The van der Waals surface area contributed by atoms with E-state index in [1.54, 1.807) is 0 Å². The zero-order valence-corrected chi connectivity index (χ0v) is 13.4. The summed E-state index contributed by atoms with van der Waals surface area (Å²) in [5.41, 5.74) is 2.43. The molecule has 1 aromatic carbocycles. The van der Waals surface area contributed by atoms with Crippen LogP contribution in [0.1, 0.15) is 25.8 Å². The second-order valence-corrected chi connectivity index (χ2v) is 7.58. The van der Waals surface area contributed by atoms with Crippen LogP contribution in [0.5, 0.6) is 0 Å². The molecule has 0 aromatic heterocycles. The standard InChI is InChI=1S/C16H22OS2/c1-3-16(13-18-9-10-19-16)12-17-11-14(2)15-7-5-4-6-8-15/h4-8,11H,3,9-10,12-13H2,1-2H3/b14-11-. The Bertz CT molecular complexity index is 408. The Labute approximate surface area is 125 Å². The summed E-state index contributed by atoms with van der Waals surface area (Å²) >= 11 is 4.14. The van der Waals surface area contributed by atoms with E-state index in [1.807, 2.05) is 12.3 Å². The van der Waals surface area contributed by atoms with E-state index in [2.05, 4.69) is 61.6 Å². The number of hydrogen-bond acceptors (Lipinski definition) is 3. The zero-order chi connectivity index (χ0) is 13.6. The molecule has 0 radical (unpaired) electrons. The van der Waals surface area contributed by atoms with Crippen molar-refractivity contribution in [3.8, 4) is 0 Å². The van der Waals surface area contributed by atoms with Crippen LogP contribution in [0.25, 0.3) is 5.57 Å². The highest BCUT2D eigenvalue weighted by molar-refractivity contribution is 8.07. The van der Waals surface area contributed by atoms with Crippen LogP contribution in [0.2, 0.25) is 0 Å². The highest BCUT2D eigenvalue weighted by atomic mass is 32.2. The Kier molecular flexibility index (Phi) is 5.71. The lowest BCUT2D eigenvalue weighted by atomic mass is 10.1. The van der Waals surface area contributed by atoms with Crippen LogP contribution in [0.3, 0.4) is 0 Å². The Balaban J connectivity index is 1.91. The van der Waals surface area contributed by atoms with E-state index in [9.17, 15) is 0 Å². The molecule has 1 aliphatic heterocycles. The van der Waals surface area contributed by atoms with Crippen LogP contribution in [-0.2, 0) is 4.74 Å². The van der Waals surface area contributed by atoms with E-state index >= 15 is 0 Å². The van der Waals surface area contributed by atoms with E-state index in [1.165, 1.54) is 34.8 Å². The summed E-state index contributed by atoms with van der Waals surface area (Å²) < 4.78 is 6.20. The van der Waals surface area contributed by atoms with Crippen molar-refractivity contribution in [2.75, 3.05) is 23.9 Å². The van der Waals surface area contributed by atoms with Gasteiger partial charge in [0.25, 0.3) is 0 Å². The summed E-state index contributed by atoms with van der Waals surface area (Å²) in [6.45, 7) is 5.21. The van der Waals surface area contributed by atoms with Crippen molar-refractivity contribution in [2.45, 2.75) is 25.0 Å². The minimum Gasteiger partial charge on any atom is -0.499 e. The van der Waals surface area contributed by atoms with Gasteiger partial charge in [-0.2, -0.15) is 11.8 Å². The monoisotopic (exact) mass is 294 g/mol. The van der Waals surface area contributed by atoms with Crippen LogP contribution in [-0.4, -0.2) is 28.6 Å². The number of ether oxygens (including phenoxy) is 1. The van der Waals surface area contributed by atoms with Gasteiger partial charge < -0.3 is 4.74 Å². The van der Waals surface area contributed by atoms with Gasteiger partial charge in [-0.05, 0) is 24.5 Å². The lowest BCUT2D eigenvalue weighted by Crippen LogP contribution is -2.36. The fourth-order valence-electron chi connectivity index (χ4n) is 2.09. The van der Waals surface area contributed by atoms with Gasteiger partial charge >= 0.3 is 0 Å². The largest absolute Gasteiger partial charge is 0.499 e. The first kappa shape index (κ1) is 14.9. The van der Waals surface area contributed by atoms with E-state index in [0.29, 0.717) is 4.75 Å². The molecule has 1 aliphatic rings. The molecule has 1 nitrogen and oxygen atoms in total. The molecule has 0 N–H and O–H groups in total. The molecular weight excluding hydrogens is 272 g/mol. The summed E-state index contributed by atoms with van der Waals surface area (Å²) in [5, 5.41) is 0. The third kappa shape index (κ3) is 4.22. The number of hydrogen-bond donors (Lipinski definition) is 0. The molecule has 3 heteroatoms. The minimum absolute atomic E-state index is 0.316. The van der Waals surface area contributed by atoms with Crippen LogP contribution >= 0.6 is 23.5 Å². The summed E-state index contributed by atoms with van der Waals surface area (Å²) in [6, 6.07) is 10.4. The molecule has 0 spiro atoms. The maximum atomic E-state index is 5.89. The predicted molar refractivity (Wildman–Crippen MR) is 88.9 cm³/mol. The fraction of sp³-hybridized carbons (Fsp3) is 0.500. The summed E-state index contributed by atoms with van der Waals surface area (Å²) in [4.78, 5) is 0. The average molecular weight is 294 g/mol. The average Bonchev–Trinajstić information content (AvgIpc) is 2.49. The Morgan fingerprint density at radius 3 is 2.74 bits per heavy atom. The SMILES string of the molecule is CCC1(CO/C=C(/C)c2ccccc2)CSCCS1. The van der Waals surface area contributed by atoms with Crippen LogP contribution in [0.15, 0.2) is 36.6 Å². The summed E-state index contributed by atoms with van der Waals surface area (Å²) in [6.07, 6.45) is 3.11. The van der Waals surface area contributed by atoms with Crippen molar-refractivity contribution in [3.05, 3.63) is 42.2 Å². The van der Waals surface area contributed by atoms with Crippen molar-refractivity contribution in [2.24, 2.45) is 0 Å². The molecule has 1 saturated heterocycles. The lowest BCUT2D eigenvalue weighted by Gasteiger charge is -2.34. The van der Waals surface area contributed by atoms with Crippen molar-refractivity contribution < 1.29 is 4.74 Å². The third-order valence-electron chi connectivity index (χ3n) is 3.48. The van der Waals surface area contributed by atoms with Crippen LogP contribution in [0, 0.1) is 0 Å². The van der Waals surface area contributed by atoms with E-state index in [4.69, 9.17) is 4.74 Å². The van der Waals surface area contributed by atoms with Gasteiger partial charge in [0.05, 0.1) is 11.0 Å². The molecule has 1 unspecified atom stereocenters. The second kappa shape index (κ2) is 7.30. The number of allylic oxidation sites excluding steroid dienone is 1. The molecule has 0 saturated carbocycles. The van der Waals surface area contributed by atoms with Gasteiger partial charge in [-0.1, -0.05) is 37.3 Å². The molecule has 1 fully saturated rings. The molecule has 19 heavy (non-hydrogen) atoms. The number of benzene rings is 1. The predicted octanol–water partition coefficient (Wildman–Crippen LogP) is 4.69. The first-order valence-electron chi connectivity index (χ1n) is 6.81. The molecule has 2 rings (SSSR count). The first-order valence-corrected chi connectivity index (χ1v) is 8.95. The van der Waals surface area contributed by atoms with Gasteiger partial charge in [0, 0.05) is 17.3 Å². The third-order valence-corrected chi connectivity index (χ3v) is 6.74. The molecule has 1 heterocycles. The normalized spacial score (nSPS) is 24.2. The molecule has 1 aromatic rings. The van der Waals surface area contributed by atoms with Crippen molar-refractivity contribution in [1.29, 1.82) is 0 Å². The fourth-order valence-corrected chi connectivity index (χ4v) is 5.07. The topological polar surface area (TPSA) is 9.23 Å². The smallest absolute Gasteiger partial charge is 0.103 e. The molecular formula is C16H22OS2. The molecule has 104 valence electrons. The molecule has 1 atom stereocenters. The van der Waals surface area contributed by atoms with Gasteiger partial charge in [0.15, 0.2) is 0 Å².